The summed E-state index contributed by atoms with van der Waals surface area (Å²) in [6.45, 7) is 0.639. The van der Waals surface area contributed by atoms with Gasteiger partial charge in [-0.2, -0.15) is 0 Å². The number of para-hydroxylation sites is 2. The van der Waals surface area contributed by atoms with E-state index < -0.39 is 0 Å². The predicted octanol–water partition coefficient (Wildman–Crippen LogP) is -0.520. The molecule has 194 valence electrons. The number of aliphatic imine (C=N–C) groups is 2. The van der Waals surface area contributed by atoms with E-state index in [1.165, 1.54) is 26.6 Å². The molecule has 0 spiro atoms. The van der Waals surface area contributed by atoms with Crippen LogP contribution < -0.4 is 29.9 Å². The first-order chi connectivity index (χ1) is 15.6. The molecule has 0 saturated carbocycles. The van der Waals surface area contributed by atoms with E-state index in [2.05, 4.69) is 9.98 Å². The van der Waals surface area contributed by atoms with Crippen LogP contribution in [0.4, 0.5) is 0 Å². The number of aliphatic hydroxyl groups excluding tert-OH is 1. The molecule has 0 aromatic heterocycles. The van der Waals surface area contributed by atoms with Gasteiger partial charge in [-0.3, -0.25) is 9.98 Å². The van der Waals surface area contributed by atoms with Gasteiger partial charge in [0.2, 0.25) is 0 Å². The smallest absolute Gasteiger partial charge is 0.870 e. The van der Waals surface area contributed by atoms with E-state index in [0.29, 0.717) is 48.6 Å². The van der Waals surface area contributed by atoms with Crippen molar-refractivity contribution in [2.75, 3.05) is 47.6 Å². The van der Waals surface area contributed by atoms with Gasteiger partial charge in [-0.1, -0.05) is 35.8 Å². The van der Waals surface area contributed by atoms with Crippen LogP contribution in [0.25, 0.3) is 0 Å². The second-order valence-electron chi connectivity index (χ2n) is 5.94. The normalized spacial score (nSPS) is 9.71. The molecule has 0 radical (unpaired) electrons. The van der Waals surface area contributed by atoms with Gasteiger partial charge in [-0.25, -0.2) is 0 Å². The monoisotopic (exact) mass is 562 g/mol. The quantitative estimate of drug-likeness (QED) is 0.232. The van der Waals surface area contributed by atoms with Crippen molar-refractivity contribution in [2.24, 2.45) is 9.98 Å². The van der Waals surface area contributed by atoms with Gasteiger partial charge in [0.05, 0.1) is 14.2 Å². The molecule has 2 aromatic carbocycles. The molecular weight excluding hydrogens is 534 g/mol. The van der Waals surface area contributed by atoms with Gasteiger partial charge in [-0.05, 0) is 36.1 Å². The Kier molecular flexibility index (Phi) is 25.7. The van der Waals surface area contributed by atoms with Crippen molar-refractivity contribution in [3.05, 3.63) is 47.5 Å². The van der Waals surface area contributed by atoms with Crippen LogP contribution in [0.15, 0.2) is 46.4 Å². The Morgan fingerprint density at radius 3 is 1.38 bits per heavy atom. The molecule has 2 aromatic rings. The van der Waals surface area contributed by atoms with Crippen LogP contribution in [0.3, 0.4) is 0 Å². The number of aliphatic hydroxyl groups is 1. The minimum atomic E-state index is -0.175. The second kappa shape index (κ2) is 24.0. The Morgan fingerprint density at radius 2 is 1.09 bits per heavy atom. The maximum Gasteiger partial charge on any atom is 2.00 e. The zero-order chi connectivity index (χ0) is 24.2. The zero-order valence-electron chi connectivity index (χ0n) is 19.3. The molecule has 0 aliphatic heterocycles. The van der Waals surface area contributed by atoms with Gasteiger partial charge >= 0.3 is 33.0 Å². The maximum atomic E-state index is 11.6. The van der Waals surface area contributed by atoms with E-state index in [9.17, 15) is 20.4 Å². The van der Waals surface area contributed by atoms with Gasteiger partial charge in [0.25, 0.3) is 0 Å². The Labute approximate surface area is 221 Å². The number of methoxy groups -OCH3 is 2. The van der Waals surface area contributed by atoms with Crippen molar-refractivity contribution in [2.45, 2.75) is 12.8 Å². The first-order valence-corrected chi connectivity index (χ1v) is 9.87. The molecule has 0 aliphatic carbocycles. The van der Waals surface area contributed by atoms with Crippen LogP contribution in [-0.2, 0) is 33.0 Å². The van der Waals surface area contributed by atoms with Gasteiger partial charge in [0.1, 0.15) is 11.5 Å². The summed E-state index contributed by atoms with van der Waals surface area (Å²) in [4.78, 5) is 7.97. The van der Waals surface area contributed by atoms with Crippen molar-refractivity contribution in [1.29, 1.82) is 0 Å². The standard InChI is InChI=1S/2C11H14NO3.CH4O.2Ni/c2*1-15-10-5-2-4-9(11(10)14)8-12-6-3-7-13;1-2;;/h2*2,4-5,8,14H,3,6-7H2,1H3;2H,1H3;;/q2*-1;;2*+2/p-2. The van der Waals surface area contributed by atoms with Crippen molar-refractivity contribution >= 4 is 12.4 Å². The first-order valence-electron chi connectivity index (χ1n) is 9.87. The van der Waals surface area contributed by atoms with E-state index in [1.807, 2.05) is 0 Å². The summed E-state index contributed by atoms with van der Waals surface area (Å²) in [5.41, 5.74) is 0.973. The van der Waals surface area contributed by atoms with Crippen LogP contribution in [-0.4, -0.2) is 65.2 Å². The molecule has 34 heavy (non-hydrogen) atoms. The Morgan fingerprint density at radius 1 is 0.735 bits per heavy atom. The molecule has 0 saturated heterocycles. The summed E-state index contributed by atoms with van der Waals surface area (Å²) in [5.74, 6) is 0.266. The van der Waals surface area contributed by atoms with Crippen LogP contribution in [0.2, 0.25) is 0 Å². The summed E-state index contributed by atoms with van der Waals surface area (Å²) < 4.78 is 9.78. The number of rotatable bonds is 10. The fraction of sp³-hybridized carbons (Fsp3) is 0.391. The minimum Gasteiger partial charge on any atom is -0.870 e. The van der Waals surface area contributed by atoms with Crippen LogP contribution in [0.5, 0.6) is 23.0 Å². The van der Waals surface area contributed by atoms with Crippen molar-refractivity contribution < 1.29 is 68.0 Å². The average Bonchev–Trinajstić information content (AvgIpc) is 2.83. The van der Waals surface area contributed by atoms with E-state index in [1.54, 1.807) is 36.4 Å². The van der Waals surface area contributed by atoms with Gasteiger partial charge in [-0.15, -0.1) is 13.2 Å². The molecule has 0 amide bonds. The van der Waals surface area contributed by atoms with Gasteiger partial charge < -0.3 is 35.0 Å². The third-order valence-electron chi connectivity index (χ3n) is 3.78. The molecule has 0 fully saturated rings. The van der Waals surface area contributed by atoms with Crippen LogP contribution in [0.1, 0.15) is 24.0 Å². The van der Waals surface area contributed by atoms with Crippen molar-refractivity contribution in [1.82, 2.24) is 0 Å². The minimum absolute atomic E-state index is 0. The van der Waals surface area contributed by atoms with Crippen LogP contribution in [0, 0.1) is 0 Å². The third-order valence-corrected chi connectivity index (χ3v) is 3.78. The zero-order valence-corrected chi connectivity index (χ0v) is 21.3. The van der Waals surface area contributed by atoms with E-state index >= 15 is 0 Å². The Balaban J connectivity index is -0.000000499. The summed E-state index contributed by atoms with van der Waals surface area (Å²) in [5, 5.41) is 50.5. The fourth-order valence-electron chi connectivity index (χ4n) is 2.23. The molecule has 0 bridgehead atoms. The molecule has 0 aliphatic rings. The maximum absolute atomic E-state index is 11.6. The number of hydrogen-bond donors (Lipinski definition) is 1. The Bertz CT molecular complexity index is 754. The first kappa shape index (κ1) is 36.4. The molecule has 0 unspecified atom stereocenters. The molecule has 0 heterocycles. The number of ether oxygens (including phenoxy) is 2. The molecule has 9 nitrogen and oxygen atoms in total. The van der Waals surface area contributed by atoms with Crippen LogP contribution >= 0.6 is 0 Å². The summed E-state index contributed by atoms with van der Waals surface area (Å²) >= 11 is 0. The van der Waals surface area contributed by atoms with Gasteiger partial charge in [0, 0.05) is 32.6 Å². The summed E-state index contributed by atoms with van der Waals surface area (Å²) in [6.07, 6.45) is 3.96. The number of hydrogen-bond acceptors (Lipinski definition) is 9. The van der Waals surface area contributed by atoms with Crippen molar-refractivity contribution in [3.63, 3.8) is 0 Å². The second-order valence-corrected chi connectivity index (χ2v) is 5.94. The summed E-state index contributed by atoms with van der Waals surface area (Å²) in [6, 6.07) is 10.0. The van der Waals surface area contributed by atoms with E-state index in [-0.39, 0.29) is 57.7 Å². The predicted molar refractivity (Wildman–Crippen MR) is 117 cm³/mol. The largest absolute Gasteiger partial charge is 2.00 e. The van der Waals surface area contributed by atoms with E-state index in [0.717, 1.165) is 7.11 Å². The number of benzene rings is 2. The summed E-state index contributed by atoms with van der Waals surface area (Å²) in [7, 11) is 3.91. The Hall–Kier alpha value is -2.15. The van der Waals surface area contributed by atoms with E-state index in [4.69, 9.17) is 14.6 Å². The molecular formula is C23H30N2Ni2O7. The topological polar surface area (TPSA) is 156 Å². The number of nitrogens with zero attached hydrogens (tertiary/aromatic N) is 2. The van der Waals surface area contributed by atoms with Crippen molar-refractivity contribution in [3.8, 4) is 23.0 Å². The van der Waals surface area contributed by atoms with Gasteiger partial charge in [0.15, 0.2) is 0 Å². The average molecular weight is 564 g/mol. The molecule has 1 N–H and O–H groups in total. The molecule has 2 rings (SSSR count). The molecule has 11 heteroatoms. The fourth-order valence-corrected chi connectivity index (χ4v) is 2.23. The molecule has 0 atom stereocenters. The SMILES string of the molecule is CO.COc1cccc(C=NCCC[O-])c1[O-].COc1cccc(C=NCCC[O-])c1[O-].[Ni+2].[Ni+2]. The third kappa shape index (κ3) is 14.2.